The van der Waals surface area contributed by atoms with Gasteiger partial charge in [-0.3, -0.25) is 9.48 Å². The number of nitrogens with one attached hydrogen (secondary N) is 1. The molecule has 1 spiro atoms. The van der Waals surface area contributed by atoms with Crippen LogP contribution in [0.3, 0.4) is 0 Å². The third kappa shape index (κ3) is 2.39. The molecule has 0 aliphatic carbocycles. The molecule has 23 heavy (non-hydrogen) atoms. The lowest BCUT2D eigenvalue weighted by molar-refractivity contribution is -0.139. The smallest absolute Gasteiger partial charge is 0.246 e. The average Bonchev–Trinajstić information content (AvgIpc) is 2.85. The van der Waals surface area contributed by atoms with Crippen molar-refractivity contribution in [1.82, 2.24) is 19.4 Å². The van der Waals surface area contributed by atoms with Gasteiger partial charge >= 0.3 is 0 Å². The average molecular weight is 340 g/mol. The number of hydrogen-bond donors (Lipinski definition) is 1. The van der Waals surface area contributed by atoms with Gasteiger partial charge in [0.1, 0.15) is 4.90 Å². The van der Waals surface area contributed by atoms with Gasteiger partial charge in [-0.25, -0.2) is 8.42 Å². The fraction of sp³-hybridized carbons (Fsp3) is 0.733. The van der Waals surface area contributed by atoms with E-state index in [0.29, 0.717) is 25.2 Å². The second kappa shape index (κ2) is 5.59. The minimum absolute atomic E-state index is 0.000872. The van der Waals surface area contributed by atoms with Gasteiger partial charge in [0.2, 0.25) is 15.9 Å². The molecule has 1 aromatic rings. The summed E-state index contributed by atoms with van der Waals surface area (Å²) in [4.78, 5) is 12.7. The molecular weight excluding hydrogens is 316 g/mol. The number of aromatic nitrogens is 2. The van der Waals surface area contributed by atoms with Crippen LogP contribution in [0.5, 0.6) is 0 Å². The number of aryl methyl sites for hydroxylation is 1. The maximum atomic E-state index is 13.1. The zero-order chi connectivity index (χ0) is 16.8. The summed E-state index contributed by atoms with van der Waals surface area (Å²) in [5.74, 6) is -0.000872. The first-order valence-corrected chi connectivity index (χ1v) is 9.53. The van der Waals surface area contributed by atoms with Gasteiger partial charge in [-0.15, -0.1) is 0 Å². The van der Waals surface area contributed by atoms with Gasteiger partial charge in [0.05, 0.1) is 17.3 Å². The predicted molar refractivity (Wildman–Crippen MR) is 85.2 cm³/mol. The van der Waals surface area contributed by atoms with Crippen LogP contribution in [0.2, 0.25) is 0 Å². The Hall–Kier alpha value is -1.41. The molecule has 8 heteroatoms. The molecule has 2 fully saturated rings. The van der Waals surface area contributed by atoms with Crippen LogP contribution < -0.4 is 5.32 Å². The first kappa shape index (κ1) is 16.4. The first-order valence-electron chi connectivity index (χ1n) is 8.09. The molecule has 1 amide bonds. The number of rotatable bonds is 2. The number of carbonyl (C=O) groups excluding carboxylic acids is 1. The maximum Gasteiger partial charge on any atom is 0.246 e. The van der Waals surface area contributed by atoms with Crippen LogP contribution in [-0.4, -0.2) is 47.5 Å². The highest BCUT2D eigenvalue weighted by Gasteiger charge is 2.52. The van der Waals surface area contributed by atoms with Crippen molar-refractivity contribution in [3.8, 4) is 0 Å². The maximum absolute atomic E-state index is 13.1. The molecule has 2 saturated heterocycles. The van der Waals surface area contributed by atoms with E-state index in [1.807, 2.05) is 6.92 Å². The number of nitrogens with zero attached hydrogens (tertiary/aromatic N) is 3. The van der Waals surface area contributed by atoms with Gasteiger partial charge in [0.15, 0.2) is 0 Å². The van der Waals surface area contributed by atoms with E-state index < -0.39 is 15.4 Å². The molecule has 2 atom stereocenters. The van der Waals surface area contributed by atoms with Gasteiger partial charge in [0.25, 0.3) is 0 Å². The Labute approximate surface area is 137 Å². The van der Waals surface area contributed by atoms with Crippen molar-refractivity contribution < 1.29 is 13.2 Å². The van der Waals surface area contributed by atoms with Crippen LogP contribution >= 0.6 is 0 Å². The summed E-state index contributed by atoms with van der Waals surface area (Å²) in [5, 5.41) is 6.98. The molecule has 0 radical (unpaired) electrons. The summed E-state index contributed by atoms with van der Waals surface area (Å²) in [7, 11) is -1.92. The second-order valence-corrected chi connectivity index (χ2v) is 8.49. The summed E-state index contributed by atoms with van der Waals surface area (Å²) in [6.07, 6.45) is 4.50. The van der Waals surface area contributed by atoms with Crippen LogP contribution in [0.25, 0.3) is 0 Å². The lowest BCUT2D eigenvalue weighted by atomic mass is 9.69. The van der Waals surface area contributed by atoms with Crippen LogP contribution in [0.1, 0.15) is 38.3 Å². The van der Waals surface area contributed by atoms with E-state index in [1.54, 1.807) is 18.7 Å². The SMILES string of the molecule is Cc1c(S(=O)(=O)N2CCC[C@@]3(CCCNC3=O)[C@H]2C)cnn1C. The highest BCUT2D eigenvalue weighted by atomic mass is 32.2. The Morgan fingerprint density at radius 1 is 1.35 bits per heavy atom. The lowest BCUT2D eigenvalue weighted by Crippen LogP contribution is -2.60. The van der Waals surface area contributed by atoms with Crippen molar-refractivity contribution in [3.05, 3.63) is 11.9 Å². The van der Waals surface area contributed by atoms with Crippen LogP contribution in [0, 0.1) is 12.3 Å². The lowest BCUT2D eigenvalue weighted by Gasteiger charge is -2.48. The summed E-state index contributed by atoms with van der Waals surface area (Å²) in [6.45, 7) is 4.75. The molecule has 0 bridgehead atoms. The first-order chi connectivity index (χ1) is 10.8. The second-order valence-electron chi connectivity index (χ2n) is 6.63. The third-order valence-corrected chi connectivity index (χ3v) is 7.62. The highest BCUT2D eigenvalue weighted by molar-refractivity contribution is 7.89. The standard InChI is InChI=1S/C15H24N4O3S/c1-11-13(10-17-18(11)3)23(21,22)19-9-5-7-15(12(19)2)6-4-8-16-14(15)20/h10,12H,4-9H2,1-3H3,(H,16,20)/t12-,15+/m1/s1. The van der Waals surface area contributed by atoms with Crippen molar-refractivity contribution in [3.63, 3.8) is 0 Å². The van der Waals surface area contributed by atoms with E-state index >= 15 is 0 Å². The van der Waals surface area contributed by atoms with Gasteiger partial charge in [0, 0.05) is 26.2 Å². The highest BCUT2D eigenvalue weighted by Crippen LogP contribution is 2.43. The quantitative estimate of drug-likeness (QED) is 0.863. The summed E-state index contributed by atoms with van der Waals surface area (Å²) in [6, 6.07) is -0.346. The molecule has 2 aliphatic heterocycles. The molecule has 2 aliphatic rings. The van der Waals surface area contributed by atoms with E-state index in [9.17, 15) is 13.2 Å². The Kier molecular flexibility index (Phi) is 4.00. The van der Waals surface area contributed by atoms with Crippen molar-refractivity contribution in [2.75, 3.05) is 13.1 Å². The number of amides is 1. The van der Waals surface area contributed by atoms with E-state index in [-0.39, 0.29) is 16.8 Å². The van der Waals surface area contributed by atoms with E-state index in [2.05, 4.69) is 10.4 Å². The fourth-order valence-corrected chi connectivity index (χ4v) is 5.87. The normalized spacial score (nSPS) is 29.7. The topological polar surface area (TPSA) is 84.3 Å². The summed E-state index contributed by atoms with van der Waals surface area (Å²) < 4.78 is 29.3. The van der Waals surface area contributed by atoms with E-state index in [1.165, 1.54) is 10.5 Å². The number of hydrogen-bond acceptors (Lipinski definition) is 4. The van der Waals surface area contributed by atoms with Crippen molar-refractivity contribution in [1.29, 1.82) is 0 Å². The number of piperidine rings is 2. The summed E-state index contributed by atoms with van der Waals surface area (Å²) in [5.41, 5.74) is 0.0181. The molecule has 0 unspecified atom stereocenters. The molecule has 3 heterocycles. The molecule has 3 rings (SSSR count). The predicted octanol–water partition coefficient (Wildman–Crippen LogP) is 0.798. The molecule has 128 valence electrons. The van der Waals surface area contributed by atoms with E-state index in [0.717, 1.165) is 19.3 Å². The van der Waals surface area contributed by atoms with Gasteiger partial charge in [-0.2, -0.15) is 9.40 Å². The monoisotopic (exact) mass is 340 g/mol. The molecule has 1 N–H and O–H groups in total. The Morgan fingerprint density at radius 3 is 2.65 bits per heavy atom. The molecule has 0 saturated carbocycles. The van der Waals surface area contributed by atoms with Gasteiger partial charge < -0.3 is 5.32 Å². The zero-order valence-electron chi connectivity index (χ0n) is 13.9. The van der Waals surface area contributed by atoms with Crippen LogP contribution in [0.15, 0.2) is 11.1 Å². The van der Waals surface area contributed by atoms with Crippen LogP contribution in [0.4, 0.5) is 0 Å². The number of sulfonamides is 1. The van der Waals surface area contributed by atoms with Gasteiger partial charge in [-0.1, -0.05) is 0 Å². The molecule has 1 aromatic heterocycles. The van der Waals surface area contributed by atoms with Crippen molar-refractivity contribution in [2.45, 2.75) is 50.5 Å². The van der Waals surface area contributed by atoms with Crippen LogP contribution in [-0.2, 0) is 21.9 Å². The Morgan fingerprint density at radius 2 is 2.04 bits per heavy atom. The molecular formula is C15H24N4O3S. The van der Waals surface area contributed by atoms with Crippen molar-refractivity contribution in [2.24, 2.45) is 12.5 Å². The Bertz CT molecular complexity index is 723. The van der Waals surface area contributed by atoms with Gasteiger partial charge in [-0.05, 0) is 39.5 Å². The zero-order valence-corrected chi connectivity index (χ0v) is 14.7. The third-order valence-electron chi connectivity index (χ3n) is 5.55. The fourth-order valence-electron chi connectivity index (χ4n) is 3.95. The summed E-state index contributed by atoms with van der Waals surface area (Å²) >= 11 is 0. The largest absolute Gasteiger partial charge is 0.356 e. The van der Waals surface area contributed by atoms with E-state index in [4.69, 9.17) is 0 Å². The van der Waals surface area contributed by atoms with Crippen molar-refractivity contribution >= 4 is 15.9 Å². The minimum atomic E-state index is -3.65. The number of carbonyl (C=O) groups is 1. The Balaban J connectivity index is 1.99. The minimum Gasteiger partial charge on any atom is -0.356 e. The molecule has 7 nitrogen and oxygen atoms in total. The molecule has 0 aromatic carbocycles.